The lowest BCUT2D eigenvalue weighted by atomic mass is 9.83. The van der Waals surface area contributed by atoms with Gasteiger partial charge in [0.1, 0.15) is 11.5 Å². The minimum atomic E-state index is -1.26. The van der Waals surface area contributed by atoms with Crippen LogP contribution in [0, 0.1) is 11.8 Å². The molecular weight excluding hydrogens is 514 g/mol. The maximum Gasteiger partial charge on any atom is 0.348 e. The van der Waals surface area contributed by atoms with Crippen molar-refractivity contribution in [1.29, 1.82) is 0 Å². The number of ether oxygens (including phenoxy) is 2. The van der Waals surface area contributed by atoms with E-state index in [2.05, 4.69) is 24.3 Å². The van der Waals surface area contributed by atoms with Crippen molar-refractivity contribution in [1.82, 2.24) is 0 Å². The number of piperidine rings is 1. The van der Waals surface area contributed by atoms with Crippen LogP contribution in [0.3, 0.4) is 0 Å². The second-order valence-corrected chi connectivity index (χ2v) is 14.5. The average Bonchev–Trinajstić information content (AvgIpc) is 3.47. The summed E-state index contributed by atoms with van der Waals surface area (Å²) >= 11 is 1.96. The van der Waals surface area contributed by atoms with Crippen LogP contribution in [0.2, 0.25) is 0 Å². The number of esters is 1. The Morgan fingerprint density at radius 2 is 1.38 bits per heavy atom. The van der Waals surface area contributed by atoms with Crippen molar-refractivity contribution in [2.24, 2.45) is 11.8 Å². The molecule has 3 unspecified atom stereocenters. The number of hydrogen-bond acceptors (Lipinski definition) is 4. The van der Waals surface area contributed by atoms with Crippen molar-refractivity contribution in [2.75, 3.05) is 18.8 Å². The molecule has 0 radical (unpaired) electrons. The molecule has 5 aliphatic rings. The molecule has 2 aromatic carbocycles. The van der Waals surface area contributed by atoms with Crippen LogP contribution in [0.1, 0.15) is 88.2 Å². The highest BCUT2D eigenvalue weighted by molar-refractivity contribution is 7.99. The zero-order chi connectivity index (χ0) is 27.0. The molecule has 3 heterocycles. The minimum Gasteiger partial charge on any atom is -0.459 e. The lowest BCUT2D eigenvalue weighted by Gasteiger charge is -2.47. The zero-order valence-electron chi connectivity index (χ0n) is 23.9. The Balaban J connectivity index is 1.21. The summed E-state index contributed by atoms with van der Waals surface area (Å²) in [5.74, 6) is 2.21. The largest absolute Gasteiger partial charge is 0.459 e. The van der Waals surface area contributed by atoms with Crippen LogP contribution in [0.25, 0.3) is 0 Å². The van der Waals surface area contributed by atoms with Gasteiger partial charge in [-0.1, -0.05) is 73.5 Å². The molecule has 3 saturated heterocycles. The summed E-state index contributed by atoms with van der Waals surface area (Å²) in [6.45, 7) is 2.66. The van der Waals surface area contributed by atoms with Crippen molar-refractivity contribution in [3.8, 4) is 0 Å². The number of rotatable bonds is 10. The van der Waals surface area contributed by atoms with Gasteiger partial charge in [0.15, 0.2) is 0 Å². The molecule has 3 atom stereocenters. The van der Waals surface area contributed by atoms with Gasteiger partial charge >= 0.3 is 5.97 Å². The second kappa shape index (κ2) is 11.5. The number of nitrogens with zero attached hydrogens (tertiary/aromatic N) is 1. The number of quaternary nitrogens is 1. The first-order valence-corrected chi connectivity index (χ1v) is 17.2. The molecule has 3 aliphatic heterocycles. The Morgan fingerprint density at radius 1 is 0.800 bits per heavy atom. The predicted octanol–water partition coefficient (Wildman–Crippen LogP) is 7.45. The van der Waals surface area contributed by atoms with E-state index in [-0.39, 0.29) is 17.5 Å². The van der Waals surface area contributed by atoms with Gasteiger partial charge in [0.05, 0.1) is 25.2 Å². The van der Waals surface area contributed by atoms with Gasteiger partial charge in [0.25, 0.3) is 0 Å². The number of carbonyl (C=O) groups excluding carboxylic acids is 1. The molecule has 5 fully saturated rings. The SMILES string of the molecule is O=C(OC1CC2CCC(C1)[N+]21CCCC1)C(OC(SCC1CCC1)C1CCC1)(c1ccccc1)c1ccccc1. The Bertz CT molecular complexity index is 1090. The summed E-state index contributed by atoms with van der Waals surface area (Å²) in [6, 6.07) is 21.8. The predicted molar refractivity (Wildman–Crippen MR) is 161 cm³/mol. The second-order valence-electron chi connectivity index (χ2n) is 13.4. The fraction of sp³-hybridized carbons (Fsp3) is 0.629. The van der Waals surface area contributed by atoms with Crippen molar-refractivity contribution < 1.29 is 18.8 Å². The highest BCUT2D eigenvalue weighted by atomic mass is 32.2. The van der Waals surface area contributed by atoms with Crippen molar-refractivity contribution >= 4 is 17.7 Å². The third-order valence-electron chi connectivity index (χ3n) is 11.2. The number of thioether (sulfide) groups is 1. The van der Waals surface area contributed by atoms with E-state index >= 15 is 0 Å². The standard InChI is InChI=1S/C35H46NO3S/c37-34(38-32-23-30-19-20-31(24-32)36(30)21-7-8-22-36)35(28-15-3-1-4-16-28,29-17-5-2-6-18-29)39-33(27-13-10-14-27)40-25-26-11-9-12-26/h1-6,15-18,26-27,30-33H,7-14,19-25H2/q+1. The van der Waals surface area contributed by atoms with E-state index in [0.717, 1.165) is 35.6 Å². The van der Waals surface area contributed by atoms with Crippen LogP contribution in [0.15, 0.2) is 60.7 Å². The summed E-state index contributed by atoms with van der Waals surface area (Å²) in [5.41, 5.74) is 0.512. The quantitative estimate of drug-likeness (QED) is 0.172. The number of hydrogen-bond donors (Lipinski definition) is 0. The summed E-state index contributed by atoms with van der Waals surface area (Å²) in [4.78, 5) is 14.8. The summed E-state index contributed by atoms with van der Waals surface area (Å²) < 4.78 is 15.3. The van der Waals surface area contributed by atoms with E-state index in [4.69, 9.17) is 9.47 Å². The summed E-state index contributed by atoms with van der Waals surface area (Å²) in [7, 11) is 0. The first-order chi connectivity index (χ1) is 19.7. The van der Waals surface area contributed by atoms with Crippen LogP contribution < -0.4 is 0 Å². The monoisotopic (exact) mass is 560 g/mol. The number of benzene rings is 2. The molecule has 40 heavy (non-hydrogen) atoms. The van der Waals surface area contributed by atoms with E-state index in [0.29, 0.717) is 18.0 Å². The van der Waals surface area contributed by atoms with E-state index < -0.39 is 5.60 Å². The first-order valence-electron chi connectivity index (χ1n) is 16.2. The van der Waals surface area contributed by atoms with Crippen LogP contribution in [0.4, 0.5) is 0 Å². The van der Waals surface area contributed by atoms with E-state index in [1.54, 1.807) is 0 Å². The molecule has 2 aromatic rings. The fourth-order valence-electron chi connectivity index (χ4n) is 8.52. The summed E-state index contributed by atoms with van der Waals surface area (Å²) in [5, 5.41) is 0. The van der Waals surface area contributed by atoms with Crippen molar-refractivity contribution in [3.05, 3.63) is 71.8 Å². The minimum absolute atomic E-state index is 0.0109. The van der Waals surface area contributed by atoms with Gasteiger partial charge in [-0.2, -0.15) is 0 Å². The fourth-order valence-corrected chi connectivity index (χ4v) is 10.1. The topological polar surface area (TPSA) is 35.5 Å². The molecule has 4 nitrogen and oxygen atoms in total. The van der Waals surface area contributed by atoms with Crippen molar-refractivity contribution in [2.45, 2.75) is 106 Å². The van der Waals surface area contributed by atoms with Gasteiger partial charge in [-0.25, -0.2) is 4.79 Å². The smallest absolute Gasteiger partial charge is 0.348 e. The molecule has 7 rings (SSSR count). The third kappa shape index (κ3) is 4.84. The Labute approximate surface area is 244 Å². The summed E-state index contributed by atoms with van der Waals surface area (Å²) in [6.07, 6.45) is 14.9. The first kappa shape index (κ1) is 27.0. The zero-order valence-corrected chi connectivity index (χ0v) is 24.7. The van der Waals surface area contributed by atoms with E-state index in [1.165, 1.54) is 81.8 Å². The average molecular weight is 561 g/mol. The third-order valence-corrected chi connectivity index (χ3v) is 12.7. The molecule has 0 aromatic heterocycles. The normalized spacial score (nSPS) is 28.6. The maximum absolute atomic E-state index is 14.8. The van der Waals surface area contributed by atoms with Crippen molar-refractivity contribution in [3.63, 3.8) is 0 Å². The Kier molecular flexibility index (Phi) is 7.74. The molecule has 2 saturated carbocycles. The molecule has 5 heteroatoms. The van der Waals surface area contributed by atoms with Crippen LogP contribution in [0.5, 0.6) is 0 Å². The van der Waals surface area contributed by atoms with E-state index in [9.17, 15) is 4.79 Å². The molecule has 214 valence electrons. The maximum atomic E-state index is 14.8. The Morgan fingerprint density at radius 3 is 1.88 bits per heavy atom. The van der Waals surface area contributed by atoms with Gasteiger partial charge in [0, 0.05) is 38.5 Å². The van der Waals surface area contributed by atoms with Gasteiger partial charge < -0.3 is 14.0 Å². The highest BCUT2D eigenvalue weighted by Crippen LogP contribution is 2.49. The van der Waals surface area contributed by atoms with Gasteiger partial charge in [-0.05, 0) is 54.4 Å². The highest BCUT2D eigenvalue weighted by Gasteiger charge is 2.57. The van der Waals surface area contributed by atoms with Crippen LogP contribution >= 0.6 is 11.8 Å². The lowest BCUT2D eigenvalue weighted by molar-refractivity contribution is -0.956. The number of carbonyl (C=O) groups is 1. The molecule has 2 aliphatic carbocycles. The lowest BCUT2D eigenvalue weighted by Crippen LogP contribution is -2.60. The van der Waals surface area contributed by atoms with E-state index in [1.807, 2.05) is 48.2 Å². The molecule has 0 N–H and O–H groups in total. The van der Waals surface area contributed by atoms with Gasteiger partial charge in [-0.3, -0.25) is 0 Å². The Hall–Kier alpha value is -1.82. The van der Waals surface area contributed by atoms with Gasteiger partial charge in [0.2, 0.25) is 5.60 Å². The molecule has 1 spiro atoms. The van der Waals surface area contributed by atoms with Gasteiger partial charge in [-0.15, -0.1) is 11.8 Å². The molecular formula is C35H46NO3S+. The molecule has 2 bridgehead atoms. The molecule has 0 amide bonds. The van der Waals surface area contributed by atoms with Crippen LogP contribution in [-0.4, -0.2) is 52.9 Å². The van der Waals surface area contributed by atoms with Crippen LogP contribution in [-0.2, 0) is 19.9 Å².